The molecule has 0 bridgehead atoms. The Kier molecular flexibility index (Phi) is 8.30. The van der Waals surface area contributed by atoms with E-state index < -0.39 is 0 Å². The largest absolute Gasteiger partial charge is 0.497 e. The van der Waals surface area contributed by atoms with Crippen LogP contribution in [0.25, 0.3) is 10.9 Å². The average Bonchev–Trinajstić information content (AvgIpc) is 2.59. The highest BCUT2D eigenvalue weighted by molar-refractivity contribution is 7.92. The molecular formula is C20H30NOS+. The van der Waals surface area contributed by atoms with Crippen LogP contribution in [0.5, 0.6) is 5.75 Å². The van der Waals surface area contributed by atoms with Crippen molar-refractivity contribution in [2.75, 3.05) is 12.9 Å². The number of nitrogens with zero attached hydrogens (tertiary/aromatic N) is 1. The highest BCUT2D eigenvalue weighted by atomic mass is 32.2. The van der Waals surface area contributed by atoms with Gasteiger partial charge in [0.2, 0.25) is 5.52 Å². The third kappa shape index (κ3) is 6.06. The van der Waals surface area contributed by atoms with E-state index in [0.717, 1.165) is 5.75 Å². The number of rotatable bonds is 11. The third-order valence-corrected chi connectivity index (χ3v) is 5.27. The summed E-state index contributed by atoms with van der Waals surface area (Å²) in [5.41, 5.74) is 1.26. The SMILES string of the molecule is CCCCCCCCCCS[n+]1cccc2cc(OC)ccc21. The van der Waals surface area contributed by atoms with Crippen molar-refractivity contribution in [3.05, 3.63) is 36.5 Å². The lowest BCUT2D eigenvalue weighted by Gasteiger charge is -2.03. The smallest absolute Gasteiger partial charge is 0.226 e. The molecule has 2 rings (SSSR count). The zero-order chi connectivity index (χ0) is 16.3. The van der Waals surface area contributed by atoms with Crippen molar-refractivity contribution in [2.24, 2.45) is 0 Å². The van der Waals surface area contributed by atoms with Gasteiger partial charge >= 0.3 is 0 Å². The van der Waals surface area contributed by atoms with E-state index in [1.54, 1.807) is 7.11 Å². The van der Waals surface area contributed by atoms with E-state index in [9.17, 15) is 0 Å². The van der Waals surface area contributed by atoms with Crippen molar-refractivity contribution in [3.63, 3.8) is 0 Å². The lowest BCUT2D eigenvalue weighted by Crippen LogP contribution is -2.25. The normalized spacial score (nSPS) is 11.0. The van der Waals surface area contributed by atoms with Gasteiger partial charge in [-0.25, -0.2) is 0 Å². The molecule has 0 saturated heterocycles. The van der Waals surface area contributed by atoms with Gasteiger partial charge in [0.25, 0.3) is 0 Å². The van der Waals surface area contributed by atoms with Gasteiger partial charge in [0, 0.05) is 12.1 Å². The van der Waals surface area contributed by atoms with Crippen molar-refractivity contribution in [1.82, 2.24) is 0 Å². The quantitative estimate of drug-likeness (QED) is 0.382. The molecule has 0 atom stereocenters. The minimum absolute atomic E-state index is 0.920. The van der Waals surface area contributed by atoms with Crippen LogP contribution in [0.4, 0.5) is 0 Å². The number of hydrogen-bond acceptors (Lipinski definition) is 2. The first-order valence-electron chi connectivity index (χ1n) is 8.97. The summed E-state index contributed by atoms with van der Waals surface area (Å²) in [5, 5.41) is 1.23. The number of aromatic nitrogens is 1. The molecule has 3 heteroatoms. The number of ether oxygens (including phenoxy) is 1. The van der Waals surface area contributed by atoms with E-state index in [1.165, 1.54) is 68.0 Å². The molecule has 2 nitrogen and oxygen atoms in total. The van der Waals surface area contributed by atoms with Gasteiger partial charge in [0.1, 0.15) is 5.75 Å². The molecule has 126 valence electrons. The zero-order valence-electron chi connectivity index (χ0n) is 14.6. The first-order chi connectivity index (χ1) is 11.3. The van der Waals surface area contributed by atoms with E-state index in [1.807, 2.05) is 18.0 Å². The fourth-order valence-electron chi connectivity index (χ4n) is 2.81. The van der Waals surface area contributed by atoms with E-state index in [2.05, 4.69) is 41.4 Å². The molecule has 0 spiro atoms. The molecule has 0 unspecified atom stereocenters. The fraction of sp³-hybridized carbons (Fsp3) is 0.550. The van der Waals surface area contributed by atoms with E-state index in [4.69, 9.17) is 4.74 Å². The van der Waals surface area contributed by atoms with Gasteiger partial charge in [-0.2, -0.15) is 0 Å². The van der Waals surface area contributed by atoms with Gasteiger partial charge in [-0.3, -0.25) is 0 Å². The lowest BCUT2D eigenvalue weighted by molar-refractivity contribution is -0.463. The van der Waals surface area contributed by atoms with E-state index in [0.29, 0.717) is 0 Å². The molecule has 0 amide bonds. The van der Waals surface area contributed by atoms with Crippen LogP contribution in [0, 0.1) is 0 Å². The highest BCUT2D eigenvalue weighted by Crippen LogP contribution is 2.19. The molecular weight excluding hydrogens is 302 g/mol. The Morgan fingerprint density at radius 1 is 0.957 bits per heavy atom. The summed E-state index contributed by atoms with van der Waals surface area (Å²) in [4.78, 5) is 0. The number of fused-ring (bicyclic) bond motifs is 1. The van der Waals surface area contributed by atoms with Crippen LogP contribution in [0.3, 0.4) is 0 Å². The molecule has 0 aliphatic rings. The van der Waals surface area contributed by atoms with Crippen molar-refractivity contribution < 1.29 is 8.71 Å². The fourth-order valence-corrected chi connectivity index (χ4v) is 3.80. The summed E-state index contributed by atoms with van der Waals surface area (Å²) in [7, 11) is 1.72. The number of methoxy groups -OCH3 is 1. The Labute approximate surface area is 145 Å². The Morgan fingerprint density at radius 3 is 2.43 bits per heavy atom. The minimum atomic E-state index is 0.920. The van der Waals surface area contributed by atoms with Gasteiger partial charge < -0.3 is 4.74 Å². The molecule has 1 aromatic heterocycles. The number of unbranched alkanes of at least 4 members (excludes halogenated alkanes) is 7. The standard InChI is InChI=1S/C20H30NOS/c1-3-4-5-6-7-8-9-10-16-23-21-15-11-12-18-17-19(22-2)13-14-20(18)21/h11-15,17H,3-10,16H2,1-2H3/q+1. The lowest BCUT2D eigenvalue weighted by atomic mass is 10.1. The maximum absolute atomic E-state index is 5.31. The van der Waals surface area contributed by atoms with Crippen molar-refractivity contribution in [1.29, 1.82) is 0 Å². The maximum atomic E-state index is 5.31. The molecule has 0 aliphatic carbocycles. The summed E-state index contributed by atoms with van der Waals surface area (Å²) in [6.07, 6.45) is 13.2. The highest BCUT2D eigenvalue weighted by Gasteiger charge is 2.10. The van der Waals surface area contributed by atoms with E-state index in [-0.39, 0.29) is 0 Å². The Morgan fingerprint density at radius 2 is 1.70 bits per heavy atom. The van der Waals surface area contributed by atoms with Crippen LogP contribution in [0.15, 0.2) is 36.5 Å². The second-order valence-corrected chi connectivity index (χ2v) is 7.13. The summed E-state index contributed by atoms with van der Waals surface area (Å²) in [6.45, 7) is 2.28. The van der Waals surface area contributed by atoms with Gasteiger partial charge in [0.05, 0.1) is 18.2 Å². The summed E-state index contributed by atoms with van der Waals surface area (Å²) in [6, 6.07) is 10.5. The molecule has 0 saturated carbocycles. The van der Waals surface area contributed by atoms with Gasteiger partial charge in [-0.1, -0.05) is 51.9 Å². The number of pyridine rings is 1. The predicted molar refractivity (Wildman–Crippen MR) is 101 cm³/mol. The summed E-state index contributed by atoms with van der Waals surface area (Å²) >= 11 is 1.91. The zero-order valence-corrected chi connectivity index (χ0v) is 15.4. The van der Waals surface area contributed by atoms with Crippen LogP contribution >= 0.6 is 11.9 Å². The molecule has 0 radical (unpaired) electrons. The van der Waals surface area contributed by atoms with E-state index >= 15 is 0 Å². The summed E-state index contributed by atoms with van der Waals surface area (Å²) < 4.78 is 7.59. The first kappa shape index (κ1) is 18.1. The Bertz CT molecular complexity index is 585. The number of benzene rings is 1. The Hall–Kier alpha value is -1.22. The average molecular weight is 333 g/mol. The molecule has 0 N–H and O–H groups in total. The van der Waals surface area contributed by atoms with Crippen LogP contribution in [-0.4, -0.2) is 12.9 Å². The molecule has 0 aliphatic heterocycles. The van der Waals surface area contributed by atoms with Crippen LogP contribution in [-0.2, 0) is 0 Å². The predicted octanol–water partition coefficient (Wildman–Crippen LogP) is 5.77. The van der Waals surface area contributed by atoms with Crippen LogP contribution < -0.4 is 8.71 Å². The van der Waals surface area contributed by atoms with Gasteiger partial charge in [-0.05, 0) is 24.6 Å². The molecule has 2 aromatic rings. The topological polar surface area (TPSA) is 13.1 Å². The second kappa shape index (κ2) is 10.5. The molecule has 1 heterocycles. The summed E-state index contributed by atoms with van der Waals surface area (Å²) in [5.74, 6) is 2.11. The van der Waals surface area contributed by atoms with Gasteiger partial charge in [0.15, 0.2) is 18.1 Å². The third-order valence-electron chi connectivity index (χ3n) is 4.20. The van der Waals surface area contributed by atoms with Crippen LogP contribution in [0.1, 0.15) is 58.3 Å². The van der Waals surface area contributed by atoms with Crippen molar-refractivity contribution >= 4 is 22.9 Å². The second-order valence-electron chi connectivity index (χ2n) is 6.07. The van der Waals surface area contributed by atoms with Crippen LogP contribution in [0.2, 0.25) is 0 Å². The van der Waals surface area contributed by atoms with Crippen molar-refractivity contribution in [2.45, 2.75) is 58.3 Å². The minimum Gasteiger partial charge on any atom is -0.497 e. The number of hydrogen-bond donors (Lipinski definition) is 0. The first-order valence-corrected chi connectivity index (χ1v) is 9.91. The molecule has 1 aromatic carbocycles. The molecule has 23 heavy (non-hydrogen) atoms. The molecule has 0 fully saturated rings. The monoisotopic (exact) mass is 332 g/mol. The maximum Gasteiger partial charge on any atom is 0.226 e. The van der Waals surface area contributed by atoms with Crippen molar-refractivity contribution in [3.8, 4) is 5.75 Å². The van der Waals surface area contributed by atoms with Gasteiger partial charge in [-0.15, -0.1) is 3.97 Å². The Balaban J connectivity index is 1.73.